The van der Waals surface area contributed by atoms with Crippen LogP contribution >= 0.6 is 0 Å². The number of hydrogen-bond donors (Lipinski definition) is 0. The lowest BCUT2D eigenvalue weighted by molar-refractivity contribution is 0.661. The van der Waals surface area contributed by atoms with Gasteiger partial charge in [-0.15, -0.1) is 0 Å². The van der Waals surface area contributed by atoms with E-state index in [2.05, 4.69) is 220 Å². The van der Waals surface area contributed by atoms with E-state index >= 15 is 0 Å². The Morgan fingerprint density at radius 2 is 1.00 bits per heavy atom. The minimum absolute atomic E-state index is 0.0816. The van der Waals surface area contributed by atoms with Gasteiger partial charge in [0.15, 0.2) is 0 Å². The molecule has 7 aromatic carbocycles. The van der Waals surface area contributed by atoms with Gasteiger partial charge in [0.2, 0.25) is 0 Å². The molecule has 0 heteroatoms. The van der Waals surface area contributed by atoms with Crippen molar-refractivity contribution in [3.05, 3.63) is 234 Å². The molecule has 0 saturated carbocycles. The van der Waals surface area contributed by atoms with Crippen LogP contribution < -0.4 is 0 Å². The lowest BCUT2D eigenvalue weighted by Crippen LogP contribution is -2.15. The normalized spacial score (nSPS) is 21.4. The second-order valence-electron chi connectivity index (χ2n) is 17.6. The second-order valence-corrected chi connectivity index (χ2v) is 17.6. The van der Waals surface area contributed by atoms with Crippen molar-refractivity contribution in [2.75, 3.05) is 0 Å². The standard InChI is InChI=1S/C59H44/c1-59(2)56-35-45(37-10-4-3-5-11-37)26-28-52(56)53-29-27-46(36-57(53)59)43-23-22-40-30-42(21-20-41(40)31-43)44-19-16-38-17-24-47(33-49(38)32-44)55-34-48-25-18-39-12-6-7-13-50(39)58(48)54-15-9-8-14-51(54)55/h3-36,38-39,49-50H,1-2H3. The average Bonchev–Trinajstić information content (AvgIpc) is 3.52. The Morgan fingerprint density at radius 1 is 0.407 bits per heavy atom. The highest BCUT2D eigenvalue weighted by Gasteiger charge is 2.36. The Morgan fingerprint density at radius 3 is 1.78 bits per heavy atom. The van der Waals surface area contributed by atoms with E-state index in [-0.39, 0.29) is 5.41 Å². The van der Waals surface area contributed by atoms with Crippen LogP contribution in [0.1, 0.15) is 53.1 Å². The number of benzene rings is 7. The summed E-state index contributed by atoms with van der Waals surface area (Å²) >= 11 is 0. The van der Waals surface area contributed by atoms with Crippen LogP contribution in [0.2, 0.25) is 0 Å². The predicted octanol–water partition coefficient (Wildman–Crippen LogP) is 15.3. The first-order valence-electron chi connectivity index (χ1n) is 21.2. The monoisotopic (exact) mass is 752 g/mol. The molecule has 0 N–H and O–H groups in total. The third-order valence-corrected chi connectivity index (χ3v) is 13.9. The van der Waals surface area contributed by atoms with Crippen LogP contribution in [-0.4, -0.2) is 0 Å². The molecule has 0 amide bonds. The number of fused-ring (bicyclic) bond motifs is 10. The highest BCUT2D eigenvalue weighted by Crippen LogP contribution is 2.51. The van der Waals surface area contributed by atoms with Crippen LogP contribution in [0.3, 0.4) is 0 Å². The molecule has 280 valence electrons. The molecule has 5 aliphatic rings. The zero-order valence-corrected chi connectivity index (χ0v) is 33.4. The molecule has 0 fully saturated rings. The lowest BCUT2D eigenvalue weighted by Gasteiger charge is -2.30. The first-order valence-corrected chi connectivity index (χ1v) is 21.2. The molecule has 12 rings (SSSR count). The van der Waals surface area contributed by atoms with E-state index in [1.54, 1.807) is 0 Å². The SMILES string of the molecule is CC1(C)c2cc(-c3ccccc3)ccc2-c2ccc(-c3ccc4cc(C5=CC6C=C(c7cc8c(c9ccccc79)C7C=CC=CC7C=C8)C=CC6C=C5)ccc4c3)cc21. The van der Waals surface area contributed by atoms with Gasteiger partial charge >= 0.3 is 0 Å². The van der Waals surface area contributed by atoms with Gasteiger partial charge in [-0.05, 0) is 130 Å². The lowest BCUT2D eigenvalue weighted by atomic mass is 9.73. The Hall–Kier alpha value is -6.76. The molecule has 0 saturated heterocycles. The van der Waals surface area contributed by atoms with Gasteiger partial charge in [0.25, 0.3) is 0 Å². The Bertz CT molecular complexity index is 3130. The van der Waals surface area contributed by atoms with Crippen LogP contribution in [-0.2, 0) is 5.41 Å². The molecule has 0 aromatic heterocycles. The summed E-state index contributed by atoms with van der Waals surface area (Å²) in [5.41, 5.74) is 18.5. The molecule has 0 bridgehead atoms. The van der Waals surface area contributed by atoms with Crippen molar-refractivity contribution < 1.29 is 0 Å². The van der Waals surface area contributed by atoms with E-state index in [9.17, 15) is 0 Å². The molecule has 4 atom stereocenters. The van der Waals surface area contributed by atoms with Crippen LogP contribution in [0.4, 0.5) is 0 Å². The second kappa shape index (κ2) is 13.1. The summed E-state index contributed by atoms with van der Waals surface area (Å²) in [6.45, 7) is 4.76. The van der Waals surface area contributed by atoms with Crippen LogP contribution in [0, 0.1) is 17.8 Å². The summed E-state index contributed by atoms with van der Waals surface area (Å²) < 4.78 is 0. The Labute approximate surface area is 347 Å². The van der Waals surface area contributed by atoms with Gasteiger partial charge < -0.3 is 0 Å². The maximum atomic E-state index is 2.51. The third kappa shape index (κ3) is 5.50. The van der Waals surface area contributed by atoms with Crippen LogP contribution in [0.25, 0.3) is 72.1 Å². The maximum absolute atomic E-state index is 2.51. The van der Waals surface area contributed by atoms with E-state index in [0.29, 0.717) is 23.7 Å². The van der Waals surface area contributed by atoms with Gasteiger partial charge in [-0.1, -0.05) is 190 Å². The Kier molecular flexibility index (Phi) is 7.63. The van der Waals surface area contributed by atoms with Gasteiger partial charge in [0.1, 0.15) is 0 Å². The molecule has 4 unspecified atom stereocenters. The number of rotatable bonds is 4. The molecule has 59 heavy (non-hydrogen) atoms. The topological polar surface area (TPSA) is 0 Å². The summed E-state index contributed by atoms with van der Waals surface area (Å²) in [4.78, 5) is 0. The highest BCUT2D eigenvalue weighted by atomic mass is 14.4. The summed E-state index contributed by atoms with van der Waals surface area (Å²) in [6.07, 6.45) is 28.3. The van der Waals surface area contributed by atoms with Crippen molar-refractivity contribution in [3.63, 3.8) is 0 Å². The van der Waals surface area contributed by atoms with E-state index in [0.717, 1.165) is 0 Å². The zero-order chi connectivity index (χ0) is 39.2. The Balaban J connectivity index is 0.841. The van der Waals surface area contributed by atoms with E-state index in [1.165, 1.54) is 99.5 Å². The van der Waals surface area contributed by atoms with Gasteiger partial charge in [-0.3, -0.25) is 0 Å². The van der Waals surface area contributed by atoms with Crippen LogP contribution in [0.5, 0.6) is 0 Å². The molecule has 0 aliphatic heterocycles. The van der Waals surface area contributed by atoms with Gasteiger partial charge in [0, 0.05) is 29.1 Å². The predicted molar refractivity (Wildman–Crippen MR) is 251 cm³/mol. The average molecular weight is 753 g/mol. The third-order valence-electron chi connectivity index (χ3n) is 13.9. The minimum Gasteiger partial charge on any atom is -0.0767 e. The smallest absolute Gasteiger partial charge is 0.0159 e. The summed E-state index contributed by atoms with van der Waals surface area (Å²) in [7, 11) is 0. The van der Waals surface area contributed by atoms with E-state index in [1.807, 2.05) is 0 Å². The summed E-state index contributed by atoms with van der Waals surface area (Å²) in [5, 5.41) is 5.25. The summed E-state index contributed by atoms with van der Waals surface area (Å²) in [6, 6.07) is 50.3. The van der Waals surface area contributed by atoms with E-state index in [4.69, 9.17) is 0 Å². The highest BCUT2D eigenvalue weighted by molar-refractivity contribution is 6.01. The first kappa shape index (κ1) is 34.3. The molecule has 0 radical (unpaired) electrons. The molecule has 5 aliphatic carbocycles. The molecule has 0 heterocycles. The van der Waals surface area contributed by atoms with Crippen molar-refractivity contribution in [1.29, 1.82) is 0 Å². The molecular formula is C59H44. The van der Waals surface area contributed by atoms with Gasteiger partial charge in [0.05, 0.1) is 0 Å². The molecule has 7 aromatic rings. The summed E-state index contributed by atoms with van der Waals surface area (Å²) in [5.74, 6) is 1.48. The van der Waals surface area contributed by atoms with Crippen molar-refractivity contribution in [2.24, 2.45) is 17.8 Å². The minimum atomic E-state index is -0.0816. The molecule has 0 spiro atoms. The fourth-order valence-corrected chi connectivity index (χ4v) is 10.7. The maximum Gasteiger partial charge on any atom is 0.0159 e. The number of hydrogen-bond acceptors (Lipinski definition) is 0. The van der Waals surface area contributed by atoms with Crippen molar-refractivity contribution in [2.45, 2.75) is 25.2 Å². The first-order chi connectivity index (χ1) is 29.0. The zero-order valence-electron chi connectivity index (χ0n) is 33.4. The van der Waals surface area contributed by atoms with Gasteiger partial charge in [-0.25, -0.2) is 0 Å². The number of allylic oxidation sites excluding steroid dienone is 13. The molecule has 0 nitrogen and oxygen atoms in total. The molecular weight excluding hydrogens is 709 g/mol. The van der Waals surface area contributed by atoms with E-state index < -0.39 is 0 Å². The fourth-order valence-electron chi connectivity index (χ4n) is 10.7. The van der Waals surface area contributed by atoms with Crippen molar-refractivity contribution in [1.82, 2.24) is 0 Å². The van der Waals surface area contributed by atoms with Crippen molar-refractivity contribution in [3.8, 4) is 33.4 Å². The largest absolute Gasteiger partial charge is 0.0767 e. The van der Waals surface area contributed by atoms with Crippen LogP contribution in [0.15, 0.2) is 200 Å². The van der Waals surface area contributed by atoms with Crippen molar-refractivity contribution >= 4 is 38.8 Å². The fraction of sp³-hybridized carbons (Fsp3) is 0.119. The van der Waals surface area contributed by atoms with Gasteiger partial charge in [-0.2, -0.15) is 0 Å². The quantitative estimate of drug-likeness (QED) is 0.168.